The molecule has 0 bridgehead atoms. The molecule has 0 spiro atoms. The molecule has 0 aliphatic rings. The molecule has 0 unspecified atom stereocenters. The third kappa shape index (κ3) is 3.21. The highest BCUT2D eigenvalue weighted by Gasteiger charge is 2.06. The topological polar surface area (TPSA) is 94.9 Å². The molecule has 2 heterocycles. The highest BCUT2D eigenvalue weighted by atomic mass is 16.2. The van der Waals surface area contributed by atoms with Crippen LogP contribution in [0.5, 0.6) is 0 Å². The maximum absolute atomic E-state index is 11.8. The van der Waals surface area contributed by atoms with Crippen LogP contribution in [0.25, 0.3) is 0 Å². The van der Waals surface area contributed by atoms with Crippen molar-refractivity contribution < 1.29 is 4.79 Å². The molecule has 1 amide bonds. The Labute approximate surface area is 109 Å². The van der Waals surface area contributed by atoms with Gasteiger partial charge in [-0.1, -0.05) is 0 Å². The lowest BCUT2D eigenvalue weighted by Gasteiger charge is -2.06. The molecule has 0 aliphatic carbocycles. The van der Waals surface area contributed by atoms with Crippen molar-refractivity contribution in [2.75, 3.05) is 11.1 Å². The Morgan fingerprint density at radius 2 is 2.21 bits per heavy atom. The van der Waals surface area contributed by atoms with E-state index in [4.69, 9.17) is 5.73 Å². The molecule has 7 heteroatoms. The Kier molecular flexibility index (Phi) is 3.65. The zero-order valence-electron chi connectivity index (χ0n) is 10.5. The first-order chi connectivity index (χ1) is 9.08. The van der Waals surface area contributed by atoms with Crippen molar-refractivity contribution in [1.82, 2.24) is 14.3 Å². The van der Waals surface area contributed by atoms with Crippen LogP contribution in [0.3, 0.4) is 0 Å². The van der Waals surface area contributed by atoms with Crippen molar-refractivity contribution >= 4 is 17.3 Å². The summed E-state index contributed by atoms with van der Waals surface area (Å²) in [6.45, 7) is 2.59. The molecular weight excluding hydrogens is 246 g/mol. The SMILES string of the molecule is CCn1cc(NC(=O)Cn2cc(N)ccc2=O)cn1. The van der Waals surface area contributed by atoms with Crippen LogP contribution in [0.1, 0.15) is 6.92 Å². The number of hydrogen-bond acceptors (Lipinski definition) is 4. The molecule has 0 saturated carbocycles. The zero-order chi connectivity index (χ0) is 13.8. The number of aryl methyl sites for hydroxylation is 1. The smallest absolute Gasteiger partial charge is 0.251 e. The Hall–Kier alpha value is -2.57. The summed E-state index contributed by atoms with van der Waals surface area (Å²) >= 11 is 0. The normalized spacial score (nSPS) is 10.4. The highest BCUT2D eigenvalue weighted by molar-refractivity contribution is 5.90. The van der Waals surface area contributed by atoms with Gasteiger partial charge in [-0.15, -0.1) is 0 Å². The second kappa shape index (κ2) is 5.38. The standard InChI is InChI=1S/C12H15N5O2/c1-2-17-7-10(5-14-17)15-11(18)8-16-6-9(13)3-4-12(16)19/h3-7H,2,8,13H2,1H3,(H,15,18). The predicted octanol–water partition coefficient (Wildman–Crippen LogP) is 0.286. The molecule has 7 nitrogen and oxygen atoms in total. The Morgan fingerprint density at radius 1 is 1.42 bits per heavy atom. The summed E-state index contributed by atoms with van der Waals surface area (Å²) in [4.78, 5) is 23.3. The number of nitrogens with one attached hydrogen (secondary N) is 1. The number of rotatable bonds is 4. The third-order valence-corrected chi connectivity index (χ3v) is 2.56. The second-order valence-electron chi connectivity index (χ2n) is 4.06. The van der Waals surface area contributed by atoms with E-state index in [0.29, 0.717) is 11.4 Å². The number of nitrogen functional groups attached to an aromatic ring is 1. The van der Waals surface area contributed by atoms with Gasteiger partial charge in [-0.3, -0.25) is 14.3 Å². The first kappa shape index (κ1) is 12.9. The average molecular weight is 261 g/mol. The van der Waals surface area contributed by atoms with E-state index >= 15 is 0 Å². The molecule has 0 aliphatic heterocycles. The maximum Gasteiger partial charge on any atom is 0.251 e. The fourth-order valence-corrected chi connectivity index (χ4v) is 1.63. The molecule has 0 fully saturated rings. The number of pyridine rings is 1. The van der Waals surface area contributed by atoms with Gasteiger partial charge in [0.15, 0.2) is 0 Å². The van der Waals surface area contributed by atoms with Crippen LogP contribution < -0.4 is 16.6 Å². The van der Waals surface area contributed by atoms with Crippen molar-refractivity contribution in [2.45, 2.75) is 20.0 Å². The van der Waals surface area contributed by atoms with Crippen LogP contribution in [0.15, 0.2) is 35.5 Å². The lowest BCUT2D eigenvalue weighted by atomic mass is 10.4. The van der Waals surface area contributed by atoms with Crippen LogP contribution in [0.2, 0.25) is 0 Å². The maximum atomic E-state index is 11.8. The van der Waals surface area contributed by atoms with E-state index in [1.807, 2.05) is 6.92 Å². The summed E-state index contributed by atoms with van der Waals surface area (Å²) < 4.78 is 2.96. The van der Waals surface area contributed by atoms with Gasteiger partial charge in [0, 0.05) is 30.7 Å². The van der Waals surface area contributed by atoms with Gasteiger partial charge in [0.25, 0.3) is 5.56 Å². The molecule has 0 atom stereocenters. The largest absolute Gasteiger partial charge is 0.398 e. The van der Waals surface area contributed by atoms with E-state index < -0.39 is 0 Å². The molecular formula is C12H15N5O2. The van der Waals surface area contributed by atoms with E-state index in [1.165, 1.54) is 22.9 Å². The monoisotopic (exact) mass is 261 g/mol. The van der Waals surface area contributed by atoms with Crippen LogP contribution in [-0.2, 0) is 17.9 Å². The van der Waals surface area contributed by atoms with Crippen LogP contribution in [0, 0.1) is 0 Å². The van der Waals surface area contributed by atoms with Crippen LogP contribution in [-0.4, -0.2) is 20.3 Å². The van der Waals surface area contributed by atoms with Crippen molar-refractivity contribution in [3.63, 3.8) is 0 Å². The van der Waals surface area contributed by atoms with E-state index in [9.17, 15) is 9.59 Å². The molecule has 100 valence electrons. The van der Waals surface area contributed by atoms with Gasteiger partial charge >= 0.3 is 0 Å². The fourth-order valence-electron chi connectivity index (χ4n) is 1.63. The predicted molar refractivity (Wildman–Crippen MR) is 71.6 cm³/mol. The average Bonchev–Trinajstić information content (AvgIpc) is 2.81. The van der Waals surface area contributed by atoms with Crippen molar-refractivity contribution in [3.05, 3.63) is 41.1 Å². The summed E-state index contributed by atoms with van der Waals surface area (Å²) in [5.74, 6) is -0.302. The van der Waals surface area contributed by atoms with Crippen LogP contribution >= 0.6 is 0 Å². The van der Waals surface area contributed by atoms with Gasteiger partial charge in [-0.05, 0) is 13.0 Å². The van der Waals surface area contributed by atoms with Crippen molar-refractivity contribution in [2.24, 2.45) is 0 Å². The third-order valence-electron chi connectivity index (χ3n) is 2.56. The van der Waals surface area contributed by atoms with Gasteiger partial charge in [0.05, 0.1) is 11.9 Å². The number of hydrogen-bond donors (Lipinski definition) is 2. The molecule has 2 aromatic heterocycles. The van der Waals surface area contributed by atoms with E-state index in [0.717, 1.165) is 6.54 Å². The minimum atomic E-state index is -0.302. The second-order valence-corrected chi connectivity index (χ2v) is 4.06. The van der Waals surface area contributed by atoms with Gasteiger partial charge in [-0.2, -0.15) is 5.10 Å². The number of anilines is 2. The molecule has 3 N–H and O–H groups in total. The van der Waals surface area contributed by atoms with Gasteiger partial charge in [0.1, 0.15) is 6.54 Å². The van der Waals surface area contributed by atoms with E-state index in [2.05, 4.69) is 10.4 Å². The summed E-state index contributed by atoms with van der Waals surface area (Å²) in [6.07, 6.45) is 4.72. The summed E-state index contributed by atoms with van der Waals surface area (Å²) in [6, 6.07) is 2.83. The lowest BCUT2D eigenvalue weighted by Crippen LogP contribution is -2.26. The summed E-state index contributed by atoms with van der Waals surface area (Å²) in [5, 5.41) is 6.71. The summed E-state index contributed by atoms with van der Waals surface area (Å²) in [7, 11) is 0. The molecule has 2 aromatic rings. The number of aromatic nitrogens is 3. The molecule has 0 radical (unpaired) electrons. The first-order valence-corrected chi connectivity index (χ1v) is 5.86. The number of carbonyl (C=O) groups excluding carboxylic acids is 1. The first-order valence-electron chi connectivity index (χ1n) is 5.86. The van der Waals surface area contributed by atoms with Gasteiger partial charge < -0.3 is 15.6 Å². The summed E-state index contributed by atoms with van der Waals surface area (Å²) in [5.41, 5.74) is 6.34. The quantitative estimate of drug-likeness (QED) is 0.826. The van der Waals surface area contributed by atoms with E-state index in [1.54, 1.807) is 17.1 Å². The number of amides is 1. The fraction of sp³-hybridized carbons (Fsp3) is 0.250. The molecule has 2 rings (SSSR count). The minimum absolute atomic E-state index is 0.0822. The molecule has 0 aromatic carbocycles. The minimum Gasteiger partial charge on any atom is -0.398 e. The lowest BCUT2D eigenvalue weighted by molar-refractivity contribution is -0.116. The Balaban J connectivity index is 2.05. The number of nitrogens with zero attached hydrogens (tertiary/aromatic N) is 3. The van der Waals surface area contributed by atoms with Crippen molar-refractivity contribution in [1.29, 1.82) is 0 Å². The van der Waals surface area contributed by atoms with Crippen molar-refractivity contribution in [3.8, 4) is 0 Å². The van der Waals surface area contributed by atoms with Gasteiger partial charge in [-0.25, -0.2) is 0 Å². The van der Waals surface area contributed by atoms with E-state index in [-0.39, 0.29) is 18.0 Å². The molecule has 19 heavy (non-hydrogen) atoms. The Bertz CT molecular complexity index is 644. The Morgan fingerprint density at radius 3 is 2.89 bits per heavy atom. The zero-order valence-corrected chi connectivity index (χ0v) is 10.5. The number of nitrogens with two attached hydrogens (primary N) is 1. The molecule has 0 saturated heterocycles. The number of carbonyl (C=O) groups is 1. The highest BCUT2D eigenvalue weighted by Crippen LogP contribution is 2.04. The van der Waals surface area contributed by atoms with Gasteiger partial charge in [0.2, 0.25) is 5.91 Å². The van der Waals surface area contributed by atoms with Crippen LogP contribution in [0.4, 0.5) is 11.4 Å².